The van der Waals surface area contributed by atoms with Gasteiger partial charge >= 0.3 is 11.9 Å². The van der Waals surface area contributed by atoms with Crippen molar-refractivity contribution in [1.29, 1.82) is 0 Å². The molecule has 0 aliphatic rings. The lowest BCUT2D eigenvalue weighted by molar-refractivity contribution is -0.120. The Balaban J connectivity index is 1.28. The number of para-hydroxylation sites is 1. The van der Waals surface area contributed by atoms with Crippen LogP contribution in [0.5, 0.6) is 11.6 Å². The smallest absolute Gasteiger partial charge is 0.323 e. The molecule has 0 spiro atoms. The summed E-state index contributed by atoms with van der Waals surface area (Å²) in [5.41, 5.74) is 2.01. The number of rotatable bonds is 6. The van der Waals surface area contributed by atoms with E-state index in [0.29, 0.717) is 33.0 Å². The number of azo groups is 1. The maximum absolute atomic E-state index is 12.1. The molecule has 0 aliphatic heterocycles. The van der Waals surface area contributed by atoms with Crippen molar-refractivity contribution in [2.75, 3.05) is 17.2 Å². The maximum atomic E-state index is 12.1. The van der Waals surface area contributed by atoms with Gasteiger partial charge in [0.25, 0.3) is 0 Å². The largest absolute Gasteiger partial charge is 0.493 e. The van der Waals surface area contributed by atoms with Gasteiger partial charge in [-0.3, -0.25) is 4.79 Å². The minimum Gasteiger partial charge on any atom is -0.493 e. The quantitative estimate of drug-likeness (QED) is 0.267. The first-order valence-corrected chi connectivity index (χ1v) is 10.2. The number of H-pyrrole nitrogens is 1. The molecule has 10 heteroatoms. The standard InChI is InChI=1S/C23H18ClN5O4/c24-14-5-7-15(8-6-14)25-23(32)26-16-9-11-17(12-10-16)33-13-20(30)28-29-21-18-3-1-2-4-19(18)27-22(21)31/h1-12,27,31H,13H2,(H2,25,26,32). The summed E-state index contributed by atoms with van der Waals surface area (Å²) in [6.45, 7) is -0.337. The number of aromatic amines is 1. The number of hydrogen-bond donors (Lipinski definition) is 4. The van der Waals surface area contributed by atoms with Crippen LogP contribution in [0.1, 0.15) is 0 Å². The number of nitrogens with one attached hydrogen (secondary N) is 3. The van der Waals surface area contributed by atoms with Crippen molar-refractivity contribution in [3.05, 3.63) is 77.8 Å². The summed E-state index contributed by atoms with van der Waals surface area (Å²) in [6, 6.07) is 19.9. The molecule has 0 saturated heterocycles. The van der Waals surface area contributed by atoms with E-state index in [1.54, 1.807) is 66.7 Å². The molecule has 4 rings (SSSR count). The Morgan fingerprint density at radius 1 is 0.939 bits per heavy atom. The van der Waals surface area contributed by atoms with E-state index < -0.39 is 11.9 Å². The van der Waals surface area contributed by atoms with Crippen molar-refractivity contribution >= 4 is 51.5 Å². The lowest BCUT2D eigenvalue weighted by Crippen LogP contribution is -2.19. The van der Waals surface area contributed by atoms with Gasteiger partial charge in [-0.1, -0.05) is 29.8 Å². The second-order valence-corrected chi connectivity index (χ2v) is 7.30. The molecule has 0 radical (unpaired) electrons. The fraction of sp³-hybridized carbons (Fsp3) is 0.0435. The molecule has 4 aromatic rings. The van der Waals surface area contributed by atoms with Gasteiger partial charge in [-0.25, -0.2) is 4.79 Å². The number of carbonyl (C=O) groups is 2. The summed E-state index contributed by atoms with van der Waals surface area (Å²) in [4.78, 5) is 26.8. The van der Waals surface area contributed by atoms with E-state index >= 15 is 0 Å². The van der Waals surface area contributed by atoms with Gasteiger partial charge in [-0.05, 0) is 54.6 Å². The van der Waals surface area contributed by atoms with Crippen molar-refractivity contribution in [3.8, 4) is 11.6 Å². The molecule has 166 valence electrons. The number of fused-ring (bicyclic) bond motifs is 1. The first kappa shape index (κ1) is 21.8. The molecule has 33 heavy (non-hydrogen) atoms. The van der Waals surface area contributed by atoms with E-state index in [2.05, 4.69) is 25.8 Å². The number of aromatic hydroxyl groups is 1. The van der Waals surface area contributed by atoms with Crippen molar-refractivity contribution in [2.24, 2.45) is 10.2 Å². The van der Waals surface area contributed by atoms with Crippen LogP contribution in [-0.2, 0) is 4.79 Å². The molecule has 0 saturated carbocycles. The van der Waals surface area contributed by atoms with E-state index in [4.69, 9.17) is 16.3 Å². The summed E-state index contributed by atoms with van der Waals surface area (Å²) >= 11 is 5.82. The summed E-state index contributed by atoms with van der Waals surface area (Å²) in [6.07, 6.45) is 0. The molecule has 4 N–H and O–H groups in total. The fourth-order valence-electron chi connectivity index (χ4n) is 2.96. The topological polar surface area (TPSA) is 128 Å². The molecule has 3 aromatic carbocycles. The predicted molar refractivity (Wildman–Crippen MR) is 126 cm³/mol. The summed E-state index contributed by atoms with van der Waals surface area (Å²) in [5.74, 6) is -0.377. The molecule has 0 bridgehead atoms. The molecule has 9 nitrogen and oxygen atoms in total. The molecule has 0 fully saturated rings. The van der Waals surface area contributed by atoms with Gasteiger partial charge in [0.05, 0.1) is 5.52 Å². The number of carbonyl (C=O) groups excluding carboxylic acids is 2. The fourth-order valence-corrected chi connectivity index (χ4v) is 3.08. The van der Waals surface area contributed by atoms with Crippen LogP contribution in [-0.4, -0.2) is 28.6 Å². The molecule has 0 aliphatic carbocycles. The first-order valence-electron chi connectivity index (χ1n) is 9.78. The van der Waals surface area contributed by atoms with Crippen LogP contribution < -0.4 is 15.4 Å². The zero-order valence-electron chi connectivity index (χ0n) is 17.1. The van der Waals surface area contributed by atoms with E-state index in [0.717, 1.165) is 0 Å². The average Bonchev–Trinajstić information content (AvgIpc) is 3.13. The SMILES string of the molecule is O=C(COc1ccc(NC(=O)Nc2ccc(Cl)cc2)cc1)N=Nc1c(O)[nH]c2ccccc12. The number of halogens is 1. The Labute approximate surface area is 193 Å². The van der Waals surface area contributed by atoms with Gasteiger partial charge in [0.15, 0.2) is 12.3 Å². The molecular weight excluding hydrogens is 446 g/mol. The van der Waals surface area contributed by atoms with Crippen molar-refractivity contribution in [2.45, 2.75) is 0 Å². The van der Waals surface area contributed by atoms with Gasteiger partial charge < -0.3 is 25.5 Å². The van der Waals surface area contributed by atoms with Gasteiger partial charge in [-0.2, -0.15) is 0 Å². The predicted octanol–water partition coefficient (Wildman–Crippen LogP) is 5.86. The van der Waals surface area contributed by atoms with Crippen molar-refractivity contribution in [3.63, 3.8) is 0 Å². The highest BCUT2D eigenvalue weighted by Gasteiger charge is 2.10. The Morgan fingerprint density at radius 2 is 1.58 bits per heavy atom. The van der Waals surface area contributed by atoms with Crippen LogP contribution in [0.2, 0.25) is 5.02 Å². The Kier molecular flexibility index (Phi) is 6.51. The van der Waals surface area contributed by atoms with Crippen LogP contribution in [0.15, 0.2) is 83.0 Å². The van der Waals surface area contributed by atoms with Gasteiger partial charge in [-0.15, -0.1) is 10.2 Å². The van der Waals surface area contributed by atoms with E-state index in [1.807, 2.05) is 6.07 Å². The lowest BCUT2D eigenvalue weighted by atomic mass is 10.2. The van der Waals surface area contributed by atoms with Crippen LogP contribution in [0, 0.1) is 0 Å². The zero-order chi connectivity index (χ0) is 23.2. The summed E-state index contributed by atoms with van der Waals surface area (Å²) in [7, 11) is 0. The highest BCUT2D eigenvalue weighted by molar-refractivity contribution is 6.30. The van der Waals surface area contributed by atoms with Crippen LogP contribution in [0.3, 0.4) is 0 Å². The number of amides is 3. The number of benzene rings is 3. The third kappa shape index (κ3) is 5.66. The monoisotopic (exact) mass is 463 g/mol. The molecule has 3 amide bonds. The molecule has 0 unspecified atom stereocenters. The number of hydrogen-bond acceptors (Lipinski definition) is 5. The van der Waals surface area contributed by atoms with Crippen LogP contribution in [0.4, 0.5) is 21.9 Å². The normalized spacial score (nSPS) is 10.9. The average molecular weight is 464 g/mol. The second kappa shape index (κ2) is 9.84. The van der Waals surface area contributed by atoms with Crippen LogP contribution in [0.25, 0.3) is 10.9 Å². The third-order valence-corrected chi connectivity index (χ3v) is 4.75. The second-order valence-electron chi connectivity index (χ2n) is 6.86. The summed E-state index contributed by atoms with van der Waals surface area (Å²) < 4.78 is 5.41. The third-order valence-electron chi connectivity index (χ3n) is 4.50. The molecule has 1 aromatic heterocycles. The van der Waals surface area contributed by atoms with Crippen LogP contribution >= 0.6 is 11.6 Å². The zero-order valence-corrected chi connectivity index (χ0v) is 17.8. The van der Waals surface area contributed by atoms with Gasteiger partial charge in [0, 0.05) is 21.8 Å². The highest BCUT2D eigenvalue weighted by atomic mass is 35.5. The maximum Gasteiger partial charge on any atom is 0.323 e. The number of ether oxygens (including phenoxy) is 1. The van der Waals surface area contributed by atoms with E-state index in [-0.39, 0.29) is 18.2 Å². The number of nitrogens with zero attached hydrogens (tertiary/aromatic N) is 2. The summed E-state index contributed by atoms with van der Waals surface area (Å²) in [5, 5.41) is 24.0. The molecular formula is C23H18ClN5O4. The minimum absolute atomic E-state index is 0.170. The number of aromatic nitrogens is 1. The Hall–Kier alpha value is -4.37. The highest BCUT2D eigenvalue weighted by Crippen LogP contribution is 2.35. The van der Waals surface area contributed by atoms with Gasteiger partial charge in [0.2, 0.25) is 5.88 Å². The molecule has 1 heterocycles. The lowest BCUT2D eigenvalue weighted by Gasteiger charge is -2.09. The minimum atomic E-state index is -0.621. The Bertz CT molecular complexity index is 1320. The van der Waals surface area contributed by atoms with Crippen molar-refractivity contribution in [1.82, 2.24) is 4.98 Å². The number of anilines is 2. The molecule has 0 atom stereocenters. The Morgan fingerprint density at radius 3 is 2.27 bits per heavy atom. The number of urea groups is 1. The first-order chi connectivity index (χ1) is 16.0. The van der Waals surface area contributed by atoms with E-state index in [9.17, 15) is 14.7 Å². The van der Waals surface area contributed by atoms with Gasteiger partial charge in [0.1, 0.15) is 5.75 Å². The van der Waals surface area contributed by atoms with E-state index in [1.165, 1.54) is 0 Å². The van der Waals surface area contributed by atoms with Crippen molar-refractivity contribution < 1.29 is 19.4 Å².